The summed E-state index contributed by atoms with van der Waals surface area (Å²) in [7, 11) is 0. The first kappa shape index (κ1) is 16.4. The molecule has 7 heteroatoms. The molecule has 0 radical (unpaired) electrons. The van der Waals surface area contributed by atoms with E-state index in [2.05, 4.69) is 5.32 Å². The van der Waals surface area contributed by atoms with Crippen LogP contribution in [0.3, 0.4) is 0 Å². The highest BCUT2D eigenvalue weighted by molar-refractivity contribution is 6.31. The summed E-state index contributed by atoms with van der Waals surface area (Å²) in [6.07, 6.45) is 2.18. The number of carbonyl (C=O) groups excluding carboxylic acids is 2. The Labute approximate surface area is 144 Å². The molecule has 1 atom stereocenters. The number of hydrogen-bond acceptors (Lipinski definition) is 4. The summed E-state index contributed by atoms with van der Waals surface area (Å²) in [5, 5.41) is 3.34. The lowest BCUT2D eigenvalue weighted by Gasteiger charge is -2.29. The van der Waals surface area contributed by atoms with Crippen molar-refractivity contribution in [1.82, 2.24) is 5.32 Å². The molecule has 1 N–H and O–H groups in total. The van der Waals surface area contributed by atoms with Crippen molar-refractivity contribution < 1.29 is 18.7 Å². The van der Waals surface area contributed by atoms with E-state index in [0.29, 0.717) is 22.9 Å². The van der Waals surface area contributed by atoms with Gasteiger partial charge in [-0.15, -0.1) is 0 Å². The molecule has 2 amide bonds. The van der Waals surface area contributed by atoms with Crippen LogP contribution in [0.2, 0.25) is 5.02 Å². The Morgan fingerprint density at radius 3 is 3.00 bits per heavy atom. The van der Waals surface area contributed by atoms with E-state index < -0.39 is 0 Å². The van der Waals surface area contributed by atoms with Crippen molar-refractivity contribution in [3.63, 3.8) is 0 Å². The van der Waals surface area contributed by atoms with Gasteiger partial charge in [0, 0.05) is 17.5 Å². The van der Waals surface area contributed by atoms with Crippen molar-refractivity contribution in [1.29, 1.82) is 0 Å². The van der Waals surface area contributed by atoms with E-state index in [1.807, 2.05) is 13.0 Å². The quantitative estimate of drug-likeness (QED) is 0.900. The standard InChI is InChI=1S/C17H17ClN2O4/c1-11(7-13-3-2-6-23-13)19-16(21)9-20-14-8-12(18)4-5-15(14)24-10-17(20)22/h2-6,8,11H,7,9-10H2,1H3,(H,19,21)/t11-/m0/s1. The maximum atomic E-state index is 12.3. The number of amides is 2. The highest BCUT2D eigenvalue weighted by Gasteiger charge is 2.27. The number of nitrogens with zero attached hydrogens (tertiary/aromatic N) is 1. The number of furan rings is 1. The van der Waals surface area contributed by atoms with E-state index in [1.165, 1.54) is 4.90 Å². The van der Waals surface area contributed by atoms with Crippen LogP contribution in [0.15, 0.2) is 41.0 Å². The molecule has 0 aliphatic carbocycles. The fourth-order valence-electron chi connectivity index (χ4n) is 2.59. The van der Waals surface area contributed by atoms with Gasteiger partial charge in [-0.25, -0.2) is 0 Å². The highest BCUT2D eigenvalue weighted by Crippen LogP contribution is 2.34. The molecule has 24 heavy (non-hydrogen) atoms. The van der Waals surface area contributed by atoms with Gasteiger partial charge in [0.05, 0.1) is 12.0 Å². The third-order valence-electron chi connectivity index (χ3n) is 3.66. The van der Waals surface area contributed by atoms with Gasteiger partial charge in [0.15, 0.2) is 6.61 Å². The summed E-state index contributed by atoms with van der Waals surface area (Å²) in [6.45, 7) is 1.70. The average molecular weight is 349 g/mol. The van der Waals surface area contributed by atoms with Crippen LogP contribution in [0.4, 0.5) is 5.69 Å². The van der Waals surface area contributed by atoms with Crippen LogP contribution in [0, 0.1) is 0 Å². The molecule has 0 bridgehead atoms. The Morgan fingerprint density at radius 2 is 2.25 bits per heavy atom. The normalized spacial score (nSPS) is 14.8. The minimum atomic E-state index is -0.279. The predicted octanol–water partition coefficient (Wildman–Crippen LogP) is 2.41. The number of anilines is 1. The molecule has 1 aliphatic rings. The molecule has 1 aliphatic heterocycles. The minimum Gasteiger partial charge on any atom is -0.482 e. The van der Waals surface area contributed by atoms with Gasteiger partial charge in [-0.1, -0.05) is 11.6 Å². The van der Waals surface area contributed by atoms with Gasteiger partial charge in [-0.3, -0.25) is 14.5 Å². The molecule has 6 nitrogen and oxygen atoms in total. The zero-order chi connectivity index (χ0) is 17.1. The van der Waals surface area contributed by atoms with Gasteiger partial charge < -0.3 is 14.5 Å². The zero-order valence-electron chi connectivity index (χ0n) is 13.1. The van der Waals surface area contributed by atoms with Crippen molar-refractivity contribution in [2.24, 2.45) is 0 Å². The zero-order valence-corrected chi connectivity index (χ0v) is 13.9. The second-order valence-electron chi connectivity index (χ2n) is 5.63. The first-order valence-corrected chi connectivity index (χ1v) is 7.95. The fraction of sp³-hybridized carbons (Fsp3) is 0.294. The summed E-state index contributed by atoms with van der Waals surface area (Å²) < 4.78 is 10.6. The highest BCUT2D eigenvalue weighted by atomic mass is 35.5. The summed E-state index contributed by atoms with van der Waals surface area (Å²) in [5.74, 6) is 0.798. The van der Waals surface area contributed by atoms with E-state index in [-0.39, 0.29) is 31.0 Å². The van der Waals surface area contributed by atoms with Crippen LogP contribution in [0.1, 0.15) is 12.7 Å². The van der Waals surface area contributed by atoms with Crippen LogP contribution in [-0.4, -0.2) is 31.0 Å². The first-order valence-electron chi connectivity index (χ1n) is 7.57. The van der Waals surface area contributed by atoms with Gasteiger partial charge in [-0.2, -0.15) is 0 Å². The van der Waals surface area contributed by atoms with E-state index in [4.69, 9.17) is 20.8 Å². The van der Waals surface area contributed by atoms with Crippen molar-refractivity contribution in [3.05, 3.63) is 47.4 Å². The lowest BCUT2D eigenvalue weighted by molar-refractivity contribution is -0.125. The number of benzene rings is 1. The molecule has 0 saturated heterocycles. The Kier molecular flexibility index (Phi) is 4.76. The molecule has 0 saturated carbocycles. The van der Waals surface area contributed by atoms with Crippen LogP contribution in [0.5, 0.6) is 5.75 Å². The minimum absolute atomic E-state index is 0.0853. The predicted molar refractivity (Wildman–Crippen MR) is 89.3 cm³/mol. The molecule has 0 fully saturated rings. The summed E-state index contributed by atoms with van der Waals surface area (Å²) >= 11 is 5.99. The van der Waals surface area contributed by atoms with E-state index in [0.717, 1.165) is 5.76 Å². The fourth-order valence-corrected chi connectivity index (χ4v) is 2.76. The molecule has 126 valence electrons. The second-order valence-corrected chi connectivity index (χ2v) is 6.07. The molecule has 1 aromatic heterocycles. The topological polar surface area (TPSA) is 71.8 Å². The number of hydrogen-bond donors (Lipinski definition) is 1. The Morgan fingerprint density at radius 1 is 1.42 bits per heavy atom. The molecule has 0 spiro atoms. The number of rotatable bonds is 5. The molecular formula is C17H17ClN2O4. The molecular weight excluding hydrogens is 332 g/mol. The number of nitrogens with one attached hydrogen (secondary N) is 1. The summed E-state index contributed by atoms with van der Waals surface area (Å²) in [6, 6.07) is 8.53. The maximum absolute atomic E-state index is 12.3. The van der Waals surface area contributed by atoms with Gasteiger partial charge in [0.25, 0.3) is 5.91 Å². The van der Waals surface area contributed by atoms with Crippen molar-refractivity contribution >= 4 is 29.1 Å². The third-order valence-corrected chi connectivity index (χ3v) is 3.90. The van der Waals surface area contributed by atoms with Crippen molar-refractivity contribution in [2.45, 2.75) is 19.4 Å². The Balaban J connectivity index is 1.65. The first-order chi connectivity index (χ1) is 11.5. The summed E-state index contributed by atoms with van der Waals surface area (Å²) in [4.78, 5) is 25.8. The number of halogens is 1. The third kappa shape index (κ3) is 3.71. The second kappa shape index (κ2) is 6.97. The Hall–Kier alpha value is -2.47. The summed E-state index contributed by atoms with van der Waals surface area (Å²) in [5.41, 5.74) is 0.507. The van der Waals surface area contributed by atoms with Crippen LogP contribution >= 0.6 is 11.6 Å². The number of fused-ring (bicyclic) bond motifs is 1. The SMILES string of the molecule is C[C@@H](Cc1ccco1)NC(=O)CN1C(=O)COc2ccc(Cl)cc21. The Bertz CT molecular complexity index is 745. The number of ether oxygens (including phenoxy) is 1. The van der Waals surface area contributed by atoms with Gasteiger partial charge in [0.1, 0.15) is 18.1 Å². The lowest BCUT2D eigenvalue weighted by atomic mass is 10.2. The molecule has 3 rings (SSSR count). The largest absolute Gasteiger partial charge is 0.482 e. The average Bonchev–Trinajstić information content (AvgIpc) is 3.03. The monoisotopic (exact) mass is 348 g/mol. The van der Waals surface area contributed by atoms with Crippen LogP contribution < -0.4 is 15.0 Å². The van der Waals surface area contributed by atoms with Crippen molar-refractivity contribution in [3.8, 4) is 5.75 Å². The van der Waals surface area contributed by atoms with E-state index in [1.54, 1.807) is 30.5 Å². The maximum Gasteiger partial charge on any atom is 0.265 e. The van der Waals surface area contributed by atoms with E-state index >= 15 is 0 Å². The lowest BCUT2D eigenvalue weighted by Crippen LogP contribution is -2.47. The van der Waals surface area contributed by atoms with Gasteiger partial charge >= 0.3 is 0 Å². The van der Waals surface area contributed by atoms with Gasteiger partial charge in [0.2, 0.25) is 5.91 Å². The number of carbonyl (C=O) groups is 2. The van der Waals surface area contributed by atoms with Crippen LogP contribution in [0.25, 0.3) is 0 Å². The van der Waals surface area contributed by atoms with Crippen molar-refractivity contribution in [2.75, 3.05) is 18.1 Å². The van der Waals surface area contributed by atoms with Crippen LogP contribution in [-0.2, 0) is 16.0 Å². The molecule has 2 heterocycles. The van der Waals surface area contributed by atoms with Gasteiger partial charge in [-0.05, 0) is 37.3 Å². The smallest absolute Gasteiger partial charge is 0.265 e. The molecule has 0 unspecified atom stereocenters. The molecule has 1 aromatic carbocycles. The van der Waals surface area contributed by atoms with E-state index in [9.17, 15) is 9.59 Å². The molecule has 2 aromatic rings.